The highest BCUT2D eigenvalue weighted by atomic mass is 16.5. The van der Waals surface area contributed by atoms with Gasteiger partial charge in [0.1, 0.15) is 5.75 Å². The minimum absolute atomic E-state index is 0.129. The third-order valence-electron chi connectivity index (χ3n) is 2.76. The Balaban J connectivity index is 2.03. The van der Waals surface area contributed by atoms with Gasteiger partial charge in [0.15, 0.2) is 0 Å². The van der Waals surface area contributed by atoms with Crippen LogP contribution in [0.15, 0.2) is 18.5 Å². The number of nitrogens with two attached hydrogens (primary N) is 1. The summed E-state index contributed by atoms with van der Waals surface area (Å²) in [6, 6.07) is 2.07. The molecule has 1 fully saturated rings. The Morgan fingerprint density at radius 2 is 2.38 bits per heavy atom. The van der Waals surface area contributed by atoms with Crippen molar-refractivity contribution in [3.8, 4) is 5.75 Å². The lowest BCUT2D eigenvalue weighted by atomic mass is 9.87. The Labute approximate surface area is 94.0 Å². The van der Waals surface area contributed by atoms with Crippen molar-refractivity contribution >= 4 is 5.91 Å². The average Bonchev–Trinajstić information content (AvgIpc) is 2.27. The van der Waals surface area contributed by atoms with Crippen LogP contribution in [0.2, 0.25) is 0 Å². The second-order valence-electron chi connectivity index (χ2n) is 3.98. The van der Waals surface area contributed by atoms with Crippen molar-refractivity contribution in [1.82, 2.24) is 10.3 Å². The molecule has 1 amide bonds. The zero-order chi connectivity index (χ0) is 11.5. The number of amides is 1. The maximum absolute atomic E-state index is 11.9. The Kier molecular flexibility index (Phi) is 3.05. The normalized spacial score (nSPS) is 23.4. The van der Waals surface area contributed by atoms with Gasteiger partial charge in [-0.2, -0.15) is 0 Å². The summed E-state index contributed by atoms with van der Waals surface area (Å²) < 4.78 is 5.07. The number of pyridine rings is 1. The molecule has 1 aliphatic carbocycles. The van der Waals surface area contributed by atoms with Crippen molar-refractivity contribution in [2.45, 2.75) is 24.9 Å². The second kappa shape index (κ2) is 4.49. The number of carbonyl (C=O) groups excluding carboxylic acids is 1. The first kappa shape index (κ1) is 10.9. The molecule has 1 aromatic heterocycles. The van der Waals surface area contributed by atoms with Crippen LogP contribution >= 0.6 is 0 Å². The Bertz CT molecular complexity index is 389. The Morgan fingerprint density at radius 3 is 3.00 bits per heavy atom. The van der Waals surface area contributed by atoms with E-state index in [2.05, 4.69) is 10.3 Å². The van der Waals surface area contributed by atoms with Crippen molar-refractivity contribution in [2.75, 3.05) is 7.11 Å². The number of nitrogens with one attached hydrogen (secondary N) is 1. The molecule has 16 heavy (non-hydrogen) atoms. The van der Waals surface area contributed by atoms with Gasteiger partial charge in [-0.3, -0.25) is 9.78 Å². The summed E-state index contributed by atoms with van der Waals surface area (Å²) in [5.41, 5.74) is 6.17. The lowest BCUT2D eigenvalue weighted by Gasteiger charge is -2.33. The number of rotatable bonds is 3. The van der Waals surface area contributed by atoms with Crippen LogP contribution in [0, 0.1) is 0 Å². The van der Waals surface area contributed by atoms with Crippen LogP contribution in [0.5, 0.6) is 5.75 Å². The van der Waals surface area contributed by atoms with Crippen LogP contribution < -0.4 is 15.8 Å². The highest BCUT2D eigenvalue weighted by Gasteiger charge is 2.28. The molecule has 0 radical (unpaired) electrons. The molecule has 5 nitrogen and oxygen atoms in total. The molecule has 2 rings (SSSR count). The SMILES string of the molecule is COc1cnccc1C(=O)NC1CC(N)C1. The molecule has 1 saturated carbocycles. The summed E-state index contributed by atoms with van der Waals surface area (Å²) in [7, 11) is 1.52. The highest BCUT2D eigenvalue weighted by molar-refractivity contribution is 5.96. The monoisotopic (exact) mass is 221 g/mol. The van der Waals surface area contributed by atoms with E-state index in [0.717, 1.165) is 12.8 Å². The lowest BCUT2D eigenvalue weighted by molar-refractivity contribution is 0.0907. The zero-order valence-corrected chi connectivity index (χ0v) is 9.14. The van der Waals surface area contributed by atoms with Gasteiger partial charge in [-0.05, 0) is 18.9 Å². The van der Waals surface area contributed by atoms with E-state index in [0.29, 0.717) is 11.3 Å². The van der Waals surface area contributed by atoms with Crippen molar-refractivity contribution < 1.29 is 9.53 Å². The summed E-state index contributed by atoms with van der Waals surface area (Å²) in [6.45, 7) is 0. The van der Waals surface area contributed by atoms with Crippen LogP contribution in [0.4, 0.5) is 0 Å². The average molecular weight is 221 g/mol. The van der Waals surface area contributed by atoms with Gasteiger partial charge in [0, 0.05) is 18.3 Å². The summed E-state index contributed by atoms with van der Waals surface area (Å²) in [5, 5.41) is 2.91. The number of methoxy groups -OCH3 is 1. The molecule has 0 aliphatic heterocycles. The standard InChI is InChI=1S/C11H15N3O2/c1-16-10-6-13-3-2-9(10)11(15)14-8-4-7(12)5-8/h2-3,6-8H,4-5,12H2,1H3,(H,14,15). The van der Waals surface area contributed by atoms with Crippen LogP contribution in [-0.2, 0) is 0 Å². The first-order valence-corrected chi connectivity index (χ1v) is 5.25. The van der Waals surface area contributed by atoms with Gasteiger partial charge in [0.25, 0.3) is 5.91 Å². The van der Waals surface area contributed by atoms with Crippen LogP contribution in [0.3, 0.4) is 0 Å². The molecule has 0 saturated heterocycles. The number of hydrogen-bond acceptors (Lipinski definition) is 4. The van der Waals surface area contributed by atoms with Crippen LogP contribution in [-0.4, -0.2) is 30.1 Å². The number of carbonyl (C=O) groups is 1. The first-order chi connectivity index (χ1) is 7.70. The fraction of sp³-hybridized carbons (Fsp3) is 0.455. The minimum atomic E-state index is -0.129. The molecule has 0 unspecified atom stereocenters. The van der Waals surface area contributed by atoms with Crippen molar-refractivity contribution in [3.05, 3.63) is 24.0 Å². The van der Waals surface area contributed by atoms with E-state index in [-0.39, 0.29) is 18.0 Å². The summed E-state index contributed by atoms with van der Waals surface area (Å²) >= 11 is 0. The van der Waals surface area contributed by atoms with E-state index >= 15 is 0 Å². The molecule has 1 aromatic rings. The zero-order valence-electron chi connectivity index (χ0n) is 9.14. The van der Waals surface area contributed by atoms with Gasteiger partial charge in [0.05, 0.1) is 18.9 Å². The predicted molar refractivity (Wildman–Crippen MR) is 59.3 cm³/mol. The molecule has 0 aromatic carbocycles. The maximum Gasteiger partial charge on any atom is 0.255 e. The number of aromatic nitrogens is 1. The topological polar surface area (TPSA) is 77.2 Å². The fourth-order valence-corrected chi connectivity index (χ4v) is 1.77. The Morgan fingerprint density at radius 1 is 1.62 bits per heavy atom. The molecule has 1 heterocycles. The van der Waals surface area contributed by atoms with Gasteiger partial charge in [-0.25, -0.2) is 0 Å². The lowest BCUT2D eigenvalue weighted by Crippen LogP contribution is -2.50. The largest absolute Gasteiger partial charge is 0.494 e. The quantitative estimate of drug-likeness (QED) is 0.770. The molecule has 0 atom stereocenters. The molecule has 1 aliphatic rings. The van der Waals surface area contributed by atoms with Crippen molar-refractivity contribution in [2.24, 2.45) is 5.73 Å². The molecular weight excluding hydrogens is 206 g/mol. The van der Waals surface area contributed by atoms with E-state index in [1.54, 1.807) is 12.3 Å². The molecule has 3 N–H and O–H groups in total. The molecular formula is C11H15N3O2. The van der Waals surface area contributed by atoms with Gasteiger partial charge in [-0.15, -0.1) is 0 Å². The van der Waals surface area contributed by atoms with E-state index in [9.17, 15) is 4.79 Å². The number of nitrogens with zero attached hydrogens (tertiary/aromatic N) is 1. The first-order valence-electron chi connectivity index (χ1n) is 5.25. The Hall–Kier alpha value is -1.62. The van der Waals surface area contributed by atoms with Crippen molar-refractivity contribution in [3.63, 3.8) is 0 Å². The molecule has 5 heteroatoms. The summed E-state index contributed by atoms with van der Waals surface area (Å²) in [6.07, 6.45) is 4.80. The van der Waals surface area contributed by atoms with Gasteiger partial charge in [-0.1, -0.05) is 0 Å². The fourth-order valence-electron chi connectivity index (χ4n) is 1.77. The van der Waals surface area contributed by atoms with Crippen molar-refractivity contribution in [1.29, 1.82) is 0 Å². The maximum atomic E-state index is 11.9. The molecule has 0 bridgehead atoms. The smallest absolute Gasteiger partial charge is 0.255 e. The summed E-state index contributed by atoms with van der Waals surface area (Å²) in [5.74, 6) is 0.361. The van der Waals surface area contributed by atoms with E-state index in [1.807, 2.05) is 0 Å². The molecule has 86 valence electrons. The van der Waals surface area contributed by atoms with E-state index < -0.39 is 0 Å². The van der Waals surface area contributed by atoms with Crippen LogP contribution in [0.25, 0.3) is 0 Å². The van der Waals surface area contributed by atoms with Gasteiger partial charge >= 0.3 is 0 Å². The van der Waals surface area contributed by atoms with Gasteiger partial charge < -0.3 is 15.8 Å². The third kappa shape index (κ3) is 2.14. The highest BCUT2D eigenvalue weighted by Crippen LogP contribution is 2.20. The summed E-state index contributed by atoms with van der Waals surface area (Å²) in [4.78, 5) is 15.8. The van der Waals surface area contributed by atoms with E-state index in [1.165, 1.54) is 13.3 Å². The van der Waals surface area contributed by atoms with Gasteiger partial charge in [0.2, 0.25) is 0 Å². The second-order valence-corrected chi connectivity index (χ2v) is 3.98. The third-order valence-corrected chi connectivity index (χ3v) is 2.76. The number of hydrogen-bond donors (Lipinski definition) is 2. The predicted octanol–water partition coefficient (Wildman–Crippen LogP) is 0.310. The minimum Gasteiger partial charge on any atom is -0.494 e. The number of ether oxygens (including phenoxy) is 1. The van der Waals surface area contributed by atoms with Crippen LogP contribution in [0.1, 0.15) is 23.2 Å². The molecule has 0 spiro atoms. The van der Waals surface area contributed by atoms with E-state index in [4.69, 9.17) is 10.5 Å².